The molecule has 9 nitrogen and oxygen atoms in total. The van der Waals surface area contributed by atoms with Gasteiger partial charge in [0.15, 0.2) is 0 Å². The maximum atomic E-state index is 13.4. The van der Waals surface area contributed by atoms with Crippen molar-refractivity contribution in [2.75, 3.05) is 4.90 Å². The van der Waals surface area contributed by atoms with E-state index in [2.05, 4.69) is 0 Å². The van der Waals surface area contributed by atoms with Crippen LogP contribution in [0, 0.1) is 17.7 Å². The molecular formula is C39H46FNO8. The van der Waals surface area contributed by atoms with Gasteiger partial charge >= 0.3 is 0 Å². The van der Waals surface area contributed by atoms with Crippen molar-refractivity contribution in [3.63, 3.8) is 0 Å². The van der Waals surface area contributed by atoms with Crippen LogP contribution in [0.5, 0.6) is 0 Å². The molecule has 262 valence electrons. The SMILES string of the molecule is C\C=C/C(=C\C(O)=C\[C@@H]1[C@@H](CC[C@H](O)c2ccc(F)cc2)C(=O)N1c1ccccc1)c1cccc([C@H](O)C(C)[C@@H](O)[C@H](O)[C@@H](O)C(C)O)c1. The minimum absolute atomic E-state index is 0.111. The molecule has 1 heterocycles. The lowest BCUT2D eigenvalue weighted by Gasteiger charge is -2.46. The quantitative estimate of drug-likeness (QED) is 0.0680. The van der Waals surface area contributed by atoms with E-state index in [4.69, 9.17) is 0 Å². The van der Waals surface area contributed by atoms with Crippen LogP contribution in [0.25, 0.3) is 5.57 Å². The van der Waals surface area contributed by atoms with E-state index in [0.717, 1.165) is 0 Å². The normalized spacial score (nSPS) is 21.5. The first kappa shape index (κ1) is 37.7. The molecule has 9 atom stereocenters. The minimum atomic E-state index is -1.68. The number of halogens is 1. The molecule has 1 fully saturated rings. The van der Waals surface area contributed by atoms with E-state index in [1.165, 1.54) is 38.1 Å². The molecule has 2 unspecified atom stereocenters. The molecule has 0 aromatic heterocycles. The summed E-state index contributed by atoms with van der Waals surface area (Å²) < 4.78 is 13.4. The van der Waals surface area contributed by atoms with Gasteiger partial charge in [0.2, 0.25) is 5.91 Å². The molecule has 1 saturated heterocycles. The van der Waals surface area contributed by atoms with Crippen LogP contribution in [-0.2, 0) is 4.79 Å². The van der Waals surface area contributed by atoms with Gasteiger partial charge in [-0.25, -0.2) is 4.39 Å². The number of β-lactam (4-membered cyclic amide) rings is 1. The Hall–Kier alpha value is -4.16. The van der Waals surface area contributed by atoms with Crippen molar-refractivity contribution in [3.8, 4) is 0 Å². The van der Waals surface area contributed by atoms with Crippen LogP contribution < -0.4 is 4.90 Å². The molecule has 0 saturated carbocycles. The number of benzene rings is 3. The second-order valence-electron chi connectivity index (χ2n) is 12.6. The van der Waals surface area contributed by atoms with Crippen molar-refractivity contribution in [1.29, 1.82) is 0 Å². The number of aliphatic hydroxyl groups is 7. The first-order chi connectivity index (χ1) is 23.3. The van der Waals surface area contributed by atoms with Crippen molar-refractivity contribution in [3.05, 3.63) is 131 Å². The van der Waals surface area contributed by atoms with Gasteiger partial charge in [0.1, 0.15) is 23.8 Å². The fourth-order valence-electron chi connectivity index (χ4n) is 6.11. The molecular weight excluding hydrogens is 629 g/mol. The standard InChI is InChI=1S/C39H46FNO8/c1-4-9-26(27-10-8-11-28(20-27)35(45)23(2)36(46)38(48)37(47)24(3)42)21-31(43)22-33-32(39(49)41(33)30-12-6-5-7-13-30)18-19-34(44)25-14-16-29(40)17-15-25/h4-17,20-24,32-38,42-48H,18-19H2,1-3H3/b9-4-,26-21+,31-22-/t23?,24?,32-,33-,34+,35-,36-,37+,38+/m1/s1. The van der Waals surface area contributed by atoms with Crippen molar-refractivity contribution < 1.29 is 44.9 Å². The van der Waals surface area contributed by atoms with Gasteiger partial charge in [-0.2, -0.15) is 0 Å². The zero-order valence-electron chi connectivity index (χ0n) is 27.8. The molecule has 1 aliphatic heterocycles. The van der Waals surface area contributed by atoms with E-state index in [1.54, 1.807) is 65.6 Å². The van der Waals surface area contributed by atoms with E-state index in [0.29, 0.717) is 34.4 Å². The van der Waals surface area contributed by atoms with Gasteiger partial charge in [0, 0.05) is 11.6 Å². The number of hydrogen-bond acceptors (Lipinski definition) is 8. The Morgan fingerprint density at radius 3 is 2.16 bits per heavy atom. The highest BCUT2D eigenvalue weighted by Gasteiger charge is 2.46. The van der Waals surface area contributed by atoms with Crippen LogP contribution in [0.2, 0.25) is 0 Å². The van der Waals surface area contributed by atoms with Gasteiger partial charge in [-0.1, -0.05) is 67.6 Å². The molecule has 4 rings (SSSR count). The molecule has 1 aliphatic rings. The summed E-state index contributed by atoms with van der Waals surface area (Å²) in [7, 11) is 0. The van der Waals surface area contributed by atoms with Crippen LogP contribution in [0.1, 0.15) is 62.5 Å². The average molecular weight is 676 g/mol. The van der Waals surface area contributed by atoms with E-state index in [-0.39, 0.29) is 18.1 Å². The van der Waals surface area contributed by atoms with Gasteiger partial charge in [-0.15, -0.1) is 0 Å². The first-order valence-electron chi connectivity index (χ1n) is 16.4. The van der Waals surface area contributed by atoms with Crippen LogP contribution in [-0.4, -0.2) is 72.1 Å². The molecule has 3 aromatic rings. The number of anilines is 1. The zero-order valence-corrected chi connectivity index (χ0v) is 27.8. The minimum Gasteiger partial charge on any atom is -0.508 e. The maximum Gasteiger partial charge on any atom is 0.233 e. The van der Waals surface area contributed by atoms with E-state index in [1.807, 2.05) is 25.1 Å². The molecule has 10 heteroatoms. The van der Waals surface area contributed by atoms with Gasteiger partial charge in [0.05, 0.1) is 36.4 Å². The van der Waals surface area contributed by atoms with Crippen molar-refractivity contribution >= 4 is 17.2 Å². The molecule has 7 N–H and O–H groups in total. The van der Waals surface area contributed by atoms with Gasteiger partial charge in [-0.3, -0.25) is 4.79 Å². The fraction of sp³-hybridized carbons (Fsp3) is 0.359. The number of carbonyl (C=O) groups is 1. The summed E-state index contributed by atoms with van der Waals surface area (Å²) in [5.74, 6) is -2.10. The van der Waals surface area contributed by atoms with E-state index >= 15 is 0 Å². The smallest absolute Gasteiger partial charge is 0.233 e. The molecule has 1 amide bonds. The molecule has 49 heavy (non-hydrogen) atoms. The monoisotopic (exact) mass is 675 g/mol. The largest absolute Gasteiger partial charge is 0.508 e. The highest BCUT2D eigenvalue weighted by atomic mass is 19.1. The van der Waals surface area contributed by atoms with Gasteiger partial charge in [0.25, 0.3) is 0 Å². The molecule has 0 aliphatic carbocycles. The second-order valence-corrected chi connectivity index (χ2v) is 12.6. The van der Waals surface area contributed by atoms with Crippen LogP contribution in [0.4, 0.5) is 10.1 Å². The Balaban J connectivity index is 1.58. The summed E-state index contributed by atoms with van der Waals surface area (Å²) in [6.07, 6.45) is -0.961. The van der Waals surface area contributed by atoms with Crippen LogP contribution >= 0.6 is 0 Å². The second kappa shape index (κ2) is 17.0. The summed E-state index contributed by atoms with van der Waals surface area (Å²) in [5.41, 5.74) is 2.85. The van der Waals surface area contributed by atoms with Crippen molar-refractivity contribution in [2.24, 2.45) is 11.8 Å². The highest BCUT2D eigenvalue weighted by Crippen LogP contribution is 2.38. The zero-order chi connectivity index (χ0) is 35.8. The Morgan fingerprint density at radius 1 is 0.857 bits per heavy atom. The number of rotatable bonds is 15. The van der Waals surface area contributed by atoms with Gasteiger partial charge in [-0.05, 0) is 91.4 Å². The topological polar surface area (TPSA) is 162 Å². The average Bonchev–Trinajstić information content (AvgIpc) is 3.10. The summed E-state index contributed by atoms with van der Waals surface area (Å²) in [6, 6.07) is 21.0. The van der Waals surface area contributed by atoms with E-state index in [9.17, 15) is 44.9 Å². The summed E-state index contributed by atoms with van der Waals surface area (Å²) in [4.78, 5) is 15.0. The third kappa shape index (κ3) is 9.10. The number of amides is 1. The fourth-order valence-corrected chi connectivity index (χ4v) is 6.11. The first-order valence-corrected chi connectivity index (χ1v) is 16.4. The van der Waals surface area contributed by atoms with Crippen LogP contribution in [0.3, 0.4) is 0 Å². The third-order valence-corrected chi connectivity index (χ3v) is 9.09. The Morgan fingerprint density at radius 2 is 1.53 bits per heavy atom. The Labute approximate surface area is 286 Å². The number of carbonyl (C=O) groups excluding carboxylic acids is 1. The lowest BCUT2D eigenvalue weighted by atomic mass is 9.81. The highest BCUT2D eigenvalue weighted by molar-refractivity contribution is 6.03. The molecule has 0 spiro atoms. The Bertz CT molecular complexity index is 1620. The number of hydrogen-bond donors (Lipinski definition) is 7. The van der Waals surface area contributed by atoms with Crippen LogP contribution in [0.15, 0.2) is 109 Å². The molecule has 0 bridgehead atoms. The lowest BCUT2D eigenvalue weighted by molar-refractivity contribution is -0.129. The number of para-hydroxylation sites is 1. The van der Waals surface area contributed by atoms with E-state index < -0.39 is 60.3 Å². The maximum absolute atomic E-state index is 13.4. The summed E-state index contributed by atoms with van der Waals surface area (Å²) in [5, 5.41) is 73.6. The van der Waals surface area contributed by atoms with Crippen molar-refractivity contribution in [1.82, 2.24) is 0 Å². The number of allylic oxidation sites excluding steroid dienone is 4. The predicted molar refractivity (Wildman–Crippen MR) is 186 cm³/mol. The molecule has 3 aromatic carbocycles. The third-order valence-electron chi connectivity index (χ3n) is 9.09. The summed E-state index contributed by atoms with van der Waals surface area (Å²) in [6.45, 7) is 4.61. The predicted octanol–water partition coefficient (Wildman–Crippen LogP) is 4.91. The lowest BCUT2D eigenvalue weighted by Crippen LogP contribution is -2.60. The molecule has 0 radical (unpaired) electrons. The Kier molecular flexibility index (Phi) is 13.0. The summed E-state index contributed by atoms with van der Waals surface area (Å²) >= 11 is 0. The van der Waals surface area contributed by atoms with Crippen molar-refractivity contribution in [2.45, 2.75) is 76.3 Å². The number of nitrogens with zero attached hydrogens (tertiary/aromatic N) is 1. The number of aliphatic hydroxyl groups excluding tert-OH is 7. The van der Waals surface area contributed by atoms with Gasteiger partial charge < -0.3 is 40.6 Å².